The topological polar surface area (TPSA) is 84.9 Å². The van der Waals surface area contributed by atoms with E-state index in [1.54, 1.807) is 0 Å². The van der Waals surface area contributed by atoms with E-state index in [9.17, 15) is 0 Å². The fraction of sp³-hybridized carbons (Fsp3) is 0.750. The first kappa shape index (κ1) is 32.2. The number of nitrogens with zero attached hydrogens (tertiary/aromatic N) is 5. The molecule has 0 aliphatic carbocycles. The fourth-order valence-corrected chi connectivity index (χ4v) is 4.12. The molecule has 1 aromatic rings. The van der Waals surface area contributed by atoms with Gasteiger partial charge in [-0.05, 0) is 50.4 Å². The summed E-state index contributed by atoms with van der Waals surface area (Å²) in [5, 5.41) is 24.3. The van der Waals surface area contributed by atoms with Crippen molar-refractivity contribution < 1.29 is 39.0 Å². The van der Waals surface area contributed by atoms with Gasteiger partial charge in [0.1, 0.15) is 0 Å². The quantitative estimate of drug-likeness (QED) is 0.471. The number of benzene rings is 1. The SMILES string of the molecule is [Zn+2].[Zn+2].c1cc(CN2CC[N-]CCNCC[N-]CC2)cc(CN2CCNCC[N-]CCNCC2)c1. The Balaban J connectivity index is 0.00000289. The average Bonchev–Trinajstić information content (AvgIpc) is 2.78. The van der Waals surface area contributed by atoms with Crippen molar-refractivity contribution in [2.45, 2.75) is 13.1 Å². The number of nitrogens with one attached hydrogen (secondary N) is 3. The van der Waals surface area contributed by atoms with Crippen LogP contribution in [0.25, 0.3) is 16.0 Å². The summed E-state index contributed by atoms with van der Waals surface area (Å²) in [7, 11) is 0. The van der Waals surface area contributed by atoms with Gasteiger partial charge in [0.2, 0.25) is 0 Å². The van der Waals surface area contributed by atoms with Crippen LogP contribution in [0.15, 0.2) is 24.3 Å². The van der Waals surface area contributed by atoms with Crippen LogP contribution in [0.3, 0.4) is 0 Å². The van der Waals surface area contributed by atoms with Gasteiger partial charge in [0.05, 0.1) is 0 Å². The Morgan fingerprint density at radius 1 is 0.559 bits per heavy atom. The average molecular weight is 574 g/mol. The van der Waals surface area contributed by atoms with Crippen LogP contribution in [-0.4, -0.2) is 115 Å². The van der Waals surface area contributed by atoms with Gasteiger partial charge in [-0.15, -0.1) is 39.3 Å². The van der Waals surface area contributed by atoms with Gasteiger partial charge < -0.3 is 36.8 Å². The van der Waals surface area contributed by atoms with Crippen molar-refractivity contribution >= 4 is 0 Å². The van der Waals surface area contributed by atoms with Crippen molar-refractivity contribution in [3.63, 3.8) is 0 Å². The predicted octanol–water partition coefficient (Wildman–Crippen LogP) is 1.20. The second kappa shape index (κ2) is 21.3. The summed E-state index contributed by atoms with van der Waals surface area (Å²) in [6, 6.07) is 9.15. The van der Waals surface area contributed by atoms with Crippen LogP contribution >= 0.6 is 0 Å². The molecule has 0 amide bonds. The van der Waals surface area contributed by atoms with Gasteiger partial charge in [-0.1, -0.05) is 24.3 Å². The van der Waals surface area contributed by atoms with Gasteiger partial charge in [-0.3, -0.25) is 4.90 Å². The van der Waals surface area contributed by atoms with E-state index in [-0.39, 0.29) is 39.0 Å². The summed E-state index contributed by atoms with van der Waals surface area (Å²) in [4.78, 5) is 5.07. The van der Waals surface area contributed by atoms with Crippen molar-refractivity contribution in [1.29, 1.82) is 0 Å². The Bertz CT molecular complexity index is 539. The molecule has 0 unspecified atom stereocenters. The van der Waals surface area contributed by atoms with Gasteiger partial charge in [-0.2, -0.15) is 0 Å². The summed E-state index contributed by atoms with van der Waals surface area (Å²) < 4.78 is 0. The first-order valence-electron chi connectivity index (χ1n) is 12.4. The molecule has 0 spiro atoms. The maximum Gasteiger partial charge on any atom is 2.00 e. The van der Waals surface area contributed by atoms with Crippen LogP contribution in [0.1, 0.15) is 11.1 Å². The van der Waals surface area contributed by atoms with Gasteiger partial charge in [-0.25, -0.2) is 0 Å². The molecular weight excluding hydrogens is 531 g/mol. The summed E-state index contributed by atoms with van der Waals surface area (Å²) >= 11 is 0. The Morgan fingerprint density at radius 3 is 1.47 bits per heavy atom. The Morgan fingerprint density at radius 2 is 0.971 bits per heavy atom. The second-order valence-electron chi connectivity index (χ2n) is 8.63. The Kier molecular flexibility index (Phi) is 20.1. The maximum atomic E-state index is 4.68. The summed E-state index contributed by atoms with van der Waals surface area (Å²) in [6.07, 6.45) is 0. The van der Waals surface area contributed by atoms with E-state index in [1.807, 2.05) is 0 Å². The van der Waals surface area contributed by atoms with E-state index in [2.05, 4.69) is 66.0 Å². The van der Waals surface area contributed by atoms with E-state index in [0.29, 0.717) is 0 Å². The number of hydrogen-bond donors (Lipinski definition) is 3. The summed E-state index contributed by atoms with van der Waals surface area (Å²) in [5.41, 5.74) is 2.79. The van der Waals surface area contributed by atoms with Crippen LogP contribution in [0.5, 0.6) is 0 Å². The third-order valence-electron chi connectivity index (χ3n) is 5.95. The van der Waals surface area contributed by atoms with E-state index in [0.717, 1.165) is 118 Å². The third kappa shape index (κ3) is 14.6. The number of hydrogen-bond acceptors (Lipinski definition) is 5. The minimum atomic E-state index is 0. The molecule has 2 aliphatic heterocycles. The molecule has 1 aromatic carbocycles. The van der Waals surface area contributed by atoms with Crippen LogP contribution in [0.4, 0.5) is 0 Å². The van der Waals surface area contributed by atoms with Gasteiger partial charge in [0.15, 0.2) is 0 Å². The largest absolute Gasteiger partial charge is 2.00 e. The van der Waals surface area contributed by atoms with Gasteiger partial charge in [0.25, 0.3) is 0 Å². The zero-order valence-corrected chi connectivity index (χ0v) is 27.1. The van der Waals surface area contributed by atoms with E-state index >= 15 is 0 Å². The summed E-state index contributed by atoms with van der Waals surface area (Å²) in [6.45, 7) is 17.5. The molecular formula is C24H43N8Zn2+. The van der Waals surface area contributed by atoms with Gasteiger partial charge in [0, 0.05) is 39.3 Å². The first-order chi connectivity index (χ1) is 15.9. The van der Waals surface area contributed by atoms with E-state index < -0.39 is 0 Å². The van der Waals surface area contributed by atoms with Gasteiger partial charge >= 0.3 is 39.0 Å². The molecule has 0 radical (unpaired) electrons. The molecule has 34 heavy (non-hydrogen) atoms. The van der Waals surface area contributed by atoms with Crippen molar-refractivity contribution in [2.75, 3.05) is 105 Å². The molecule has 2 heterocycles. The monoisotopic (exact) mass is 571 g/mol. The first-order valence-corrected chi connectivity index (χ1v) is 12.4. The molecule has 0 saturated carbocycles. The third-order valence-corrected chi connectivity index (χ3v) is 5.95. The molecule has 0 bridgehead atoms. The summed E-state index contributed by atoms with van der Waals surface area (Å²) in [5.74, 6) is 0. The molecule has 0 atom stereocenters. The molecule has 3 rings (SSSR count). The zero-order valence-electron chi connectivity index (χ0n) is 21.2. The molecule has 2 saturated heterocycles. The van der Waals surface area contributed by atoms with Crippen LogP contribution in [0, 0.1) is 0 Å². The van der Waals surface area contributed by atoms with Crippen LogP contribution in [0.2, 0.25) is 0 Å². The molecule has 2 aliphatic rings. The zero-order chi connectivity index (χ0) is 22.1. The molecule has 3 N–H and O–H groups in total. The van der Waals surface area contributed by atoms with Crippen LogP contribution < -0.4 is 16.0 Å². The molecule has 2 fully saturated rings. The smallest absolute Gasteiger partial charge is 0.660 e. The minimum absolute atomic E-state index is 0. The fourth-order valence-electron chi connectivity index (χ4n) is 4.12. The van der Waals surface area contributed by atoms with Crippen molar-refractivity contribution in [3.8, 4) is 0 Å². The van der Waals surface area contributed by atoms with Crippen molar-refractivity contribution in [2.24, 2.45) is 0 Å². The molecule has 10 heteroatoms. The number of rotatable bonds is 4. The molecule has 0 aromatic heterocycles. The molecule has 8 nitrogen and oxygen atoms in total. The normalized spacial score (nSPS) is 21.4. The van der Waals surface area contributed by atoms with E-state index in [4.69, 9.17) is 0 Å². The van der Waals surface area contributed by atoms with E-state index in [1.165, 1.54) is 11.1 Å². The van der Waals surface area contributed by atoms with Crippen molar-refractivity contribution in [3.05, 3.63) is 51.3 Å². The second-order valence-corrected chi connectivity index (χ2v) is 8.63. The minimum Gasteiger partial charge on any atom is -0.660 e. The Hall–Kier alpha value is 0.147. The maximum absolute atomic E-state index is 4.68. The standard InChI is InChI=1S/C24H43N8.2Zn/c1-2-23(21-31-16-12-27-8-4-25-5-9-28-13-17-31)20-24(3-1)22-32-18-14-29-10-6-26-7-11-30-15-19-32;;/h1-3,20,25,29-30H,4-19,21-22H2;;/q-3;2*+2. The Labute approximate surface area is 233 Å². The van der Waals surface area contributed by atoms with Crippen LogP contribution in [-0.2, 0) is 52.0 Å². The molecule has 182 valence electrons. The predicted molar refractivity (Wildman–Crippen MR) is 135 cm³/mol. The van der Waals surface area contributed by atoms with Crippen molar-refractivity contribution in [1.82, 2.24) is 25.8 Å².